The van der Waals surface area contributed by atoms with Crippen LogP contribution in [0.15, 0.2) is 78.9 Å². The first-order valence-electron chi connectivity index (χ1n) is 10.6. The van der Waals surface area contributed by atoms with Gasteiger partial charge in [-0.25, -0.2) is 0 Å². The van der Waals surface area contributed by atoms with Gasteiger partial charge in [0.2, 0.25) is 0 Å². The summed E-state index contributed by atoms with van der Waals surface area (Å²) < 4.78 is 0. The zero-order valence-electron chi connectivity index (χ0n) is 17.9. The smallest absolute Gasteiger partial charge is 0.0662 e. The Kier molecular flexibility index (Phi) is 7.24. The molecule has 0 aliphatic carbocycles. The van der Waals surface area contributed by atoms with Crippen LogP contribution >= 0.6 is 0 Å². The van der Waals surface area contributed by atoms with Crippen LogP contribution in [0.1, 0.15) is 41.2 Å². The molecule has 2 N–H and O–H groups in total. The molecule has 3 aromatic carbocycles. The van der Waals surface area contributed by atoms with Crippen molar-refractivity contribution in [3.63, 3.8) is 0 Å². The maximum Gasteiger partial charge on any atom is 0.0662 e. The lowest BCUT2D eigenvalue weighted by atomic mass is 9.69. The van der Waals surface area contributed by atoms with Crippen molar-refractivity contribution in [2.45, 2.75) is 45.1 Å². The van der Waals surface area contributed by atoms with Gasteiger partial charge in [0.1, 0.15) is 0 Å². The van der Waals surface area contributed by atoms with Gasteiger partial charge < -0.3 is 10.4 Å². The van der Waals surface area contributed by atoms with Crippen molar-refractivity contribution >= 4 is 0 Å². The average Bonchev–Trinajstić information content (AvgIpc) is 2.73. The fourth-order valence-electron chi connectivity index (χ4n) is 4.06. The summed E-state index contributed by atoms with van der Waals surface area (Å²) in [6, 6.07) is 28.4. The predicted molar refractivity (Wildman–Crippen MR) is 122 cm³/mol. The molecule has 0 bridgehead atoms. The number of aryl methyl sites for hydroxylation is 2. The molecule has 0 amide bonds. The van der Waals surface area contributed by atoms with Crippen molar-refractivity contribution in [1.82, 2.24) is 5.32 Å². The SMILES string of the molecule is CC[C@@H](O)CNCC(Cc1ccccc1)(c1cccc(C)c1)c1cccc(C)c1. The first-order valence-corrected chi connectivity index (χ1v) is 10.6. The molecule has 3 rings (SSSR count). The van der Waals surface area contributed by atoms with Gasteiger partial charge in [-0.15, -0.1) is 0 Å². The van der Waals surface area contributed by atoms with Crippen molar-refractivity contribution < 1.29 is 5.11 Å². The molecule has 0 spiro atoms. The molecule has 0 fully saturated rings. The van der Waals surface area contributed by atoms with Crippen molar-refractivity contribution in [3.8, 4) is 0 Å². The second-order valence-corrected chi connectivity index (χ2v) is 8.18. The topological polar surface area (TPSA) is 32.3 Å². The number of aliphatic hydroxyl groups is 1. The quantitative estimate of drug-likeness (QED) is 0.529. The molecule has 152 valence electrons. The summed E-state index contributed by atoms with van der Waals surface area (Å²) in [5.41, 5.74) is 6.25. The minimum absolute atomic E-state index is 0.215. The molecule has 0 aromatic heterocycles. The van der Waals surface area contributed by atoms with Gasteiger partial charge in [0, 0.05) is 18.5 Å². The van der Waals surface area contributed by atoms with Crippen LogP contribution in [0.4, 0.5) is 0 Å². The van der Waals surface area contributed by atoms with Crippen LogP contribution in [0, 0.1) is 13.8 Å². The van der Waals surface area contributed by atoms with E-state index in [1.807, 2.05) is 6.92 Å². The molecule has 0 saturated carbocycles. The van der Waals surface area contributed by atoms with E-state index in [0.29, 0.717) is 6.54 Å². The highest BCUT2D eigenvalue weighted by Gasteiger charge is 2.34. The van der Waals surface area contributed by atoms with Crippen LogP contribution < -0.4 is 5.32 Å². The van der Waals surface area contributed by atoms with E-state index < -0.39 is 0 Å². The van der Waals surface area contributed by atoms with E-state index in [-0.39, 0.29) is 11.5 Å². The van der Waals surface area contributed by atoms with Gasteiger partial charge in [0.05, 0.1) is 6.10 Å². The van der Waals surface area contributed by atoms with Crippen molar-refractivity contribution in [3.05, 3.63) is 107 Å². The van der Waals surface area contributed by atoms with Gasteiger partial charge in [0.15, 0.2) is 0 Å². The van der Waals surface area contributed by atoms with Crippen molar-refractivity contribution in [2.24, 2.45) is 0 Å². The molecular formula is C27H33NO. The Labute approximate surface area is 175 Å². The van der Waals surface area contributed by atoms with E-state index in [0.717, 1.165) is 19.4 Å². The molecule has 0 aliphatic heterocycles. The fraction of sp³-hybridized carbons (Fsp3) is 0.333. The van der Waals surface area contributed by atoms with E-state index in [1.165, 1.54) is 27.8 Å². The summed E-state index contributed by atoms with van der Waals surface area (Å²) >= 11 is 0. The summed E-state index contributed by atoms with van der Waals surface area (Å²) in [6.45, 7) is 7.70. The van der Waals surface area contributed by atoms with E-state index >= 15 is 0 Å². The van der Waals surface area contributed by atoms with Crippen molar-refractivity contribution in [1.29, 1.82) is 0 Å². The summed E-state index contributed by atoms with van der Waals surface area (Å²) in [7, 11) is 0. The summed E-state index contributed by atoms with van der Waals surface area (Å²) in [5, 5.41) is 13.7. The van der Waals surface area contributed by atoms with E-state index in [9.17, 15) is 5.11 Å². The first-order chi connectivity index (χ1) is 14.0. The monoisotopic (exact) mass is 387 g/mol. The zero-order valence-corrected chi connectivity index (χ0v) is 17.9. The number of nitrogens with one attached hydrogen (secondary N) is 1. The number of hydrogen-bond acceptors (Lipinski definition) is 2. The molecule has 0 aliphatic rings. The second-order valence-electron chi connectivity index (χ2n) is 8.18. The third-order valence-electron chi connectivity index (χ3n) is 5.77. The molecule has 2 heteroatoms. The standard InChI is InChI=1S/C27H33NO/c1-4-26(29)19-28-20-27(18-23-12-6-5-7-13-23,24-14-8-10-21(2)16-24)25-15-9-11-22(3)17-25/h5-17,26,28-29H,4,18-20H2,1-3H3/t26-/m1/s1. The normalized spacial score (nSPS) is 12.7. The maximum absolute atomic E-state index is 10.1. The molecule has 0 saturated heterocycles. The Morgan fingerprint density at radius 3 is 1.93 bits per heavy atom. The Morgan fingerprint density at radius 2 is 1.41 bits per heavy atom. The molecule has 1 atom stereocenters. The fourth-order valence-corrected chi connectivity index (χ4v) is 4.06. The first kappa shape index (κ1) is 21.3. The molecule has 0 heterocycles. The van der Waals surface area contributed by atoms with Gasteiger partial charge in [-0.05, 0) is 43.4 Å². The molecule has 2 nitrogen and oxygen atoms in total. The van der Waals surface area contributed by atoms with Crippen LogP contribution in [0.3, 0.4) is 0 Å². The van der Waals surface area contributed by atoms with Gasteiger partial charge >= 0.3 is 0 Å². The zero-order chi connectivity index (χ0) is 20.7. The van der Waals surface area contributed by atoms with Crippen LogP contribution in [-0.4, -0.2) is 24.3 Å². The Bertz CT molecular complexity index is 858. The maximum atomic E-state index is 10.1. The largest absolute Gasteiger partial charge is 0.392 e. The average molecular weight is 388 g/mol. The lowest BCUT2D eigenvalue weighted by Gasteiger charge is -2.37. The third kappa shape index (κ3) is 5.35. The number of hydrogen-bond donors (Lipinski definition) is 2. The van der Waals surface area contributed by atoms with Crippen LogP contribution in [-0.2, 0) is 11.8 Å². The minimum atomic E-state index is -0.320. The number of aliphatic hydroxyl groups excluding tert-OH is 1. The number of rotatable bonds is 9. The summed E-state index contributed by atoms with van der Waals surface area (Å²) in [4.78, 5) is 0. The highest BCUT2D eigenvalue weighted by Crippen LogP contribution is 2.36. The molecular weight excluding hydrogens is 354 g/mol. The lowest BCUT2D eigenvalue weighted by molar-refractivity contribution is 0.165. The van der Waals surface area contributed by atoms with Crippen LogP contribution in [0.25, 0.3) is 0 Å². The van der Waals surface area contributed by atoms with Crippen molar-refractivity contribution in [2.75, 3.05) is 13.1 Å². The summed E-state index contributed by atoms with van der Waals surface area (Å²) in [5.74, 6) is 0. The second kappa shape index (κ2) is 9.87. The predicted octanol–water partition coefficient (Wildman–Crippen LogP) is 5.19. The Balaban J connectivity index is 2.11. The van der Waals surface area contributed by atoms with Gasteiger partial charge in [-0.3, -0.25) is 0 Å². The van der Waals surface area contributed by atoms with Gasteiger partial charge in [0.25, 0.3) is 0 Å². The van der Waals surface area contributed by atoms with Crippen LogP contribution in [0.2, 0.25) is 0 Å². The third-order valence-corrected chi connectivity index (χ3v) is 5.77. The molecule has 3 aromatic rings. The lowest BCUT2D eigenvalue weighted by Crippen LogP contribution is -2.43. The van der Waals surface area contributed by atoms with E-state index in [1.54, 1.807) is 0 Å². The molecule has 29 heavy (non-hydrogen) atoms. The number of benzene rings is 3. The molecule has 0 unspecified atom stereocenters. The highest BCUT2D eigenvalue weighted by molar-refractivity contribution is 5.45. The highest BCUT2D eigenvalue weighted by atomic mass is 16.3. The minimum Gasteiger partial charge on any atom is -0.392 e. The van der Waals surface area contributed by atoms with Crippen LogP contribution in [0.5, 0.6) is 0 Å². The van der Waals surface area contributed by atoms with Gasteiger partial charge in [-0.1, -0.05) is 96.9 Å². The Hall–Kier alpha value is -2.42. The van der Waals surface area contributed by atoms with E-state index in [4.69, 9.17) is 0 Å². The Morgan fingerprint density at radius 1 is 0.828 bits per heavy atom. The molecule has 0 radical (unpaired) electrons. The summed E-state index contributed by atoms with van der Waals surface area (Å²) in [6.07, 6.45) is 1.34. The van der Waals surface area contributed by atoms with Gasteiger partial charge in [-0.2, -0.15) is 0 Å². The van der Waals surface area contributed by atoms with E-state index in [2.05, 4.69) is 98.0 Å².